The minimum Gasteiger partial charge on any atom is -0.507 e. The molecule has 1 fully saturated rings. The molecule has 1 unspecified atom stereocenters. The summed E-state index contributed by atoms with van der Waals surface area (Å²) in [6, 6.07) is 21.1. The Bertz CT molecular complexity index is 1470. The highest BCUT2D eigenvalue weighted by Crippen LogP contribution is 2.44. The van der Waals surface area contributed by atoms with Gasteiger partial charge in [0.05, 0.1) is 21.8 Å². The highest BCUT2D eigenvalue weighted by atomic mass is 35.5. The molecule has 1 aromatic heterocycles. The summed E-state index contributed by atoms with van der Waals surface area (Å²) in [5.41, 5.74) is 2.89. The van der Waals surface area contributed by atoms with Crippen molar-refractivity contribution in [2.75, 3.05) is 4.90 Å². The second-order valence-electron chi connectivity index (χ2n) is 9.52. The van der Waals surface area contributed by atoms with Gasteiger partial charge in [0.1, 0.15) is 5.76 Å². The summed E-state index contributed by atoms with van der Waals surface area (Å²) in [6.07, 6.45) is 0. The number of carbonyl (C=O) groups excluding carboxylic acids is 2. The summed E-state index contributed by atoms with van der Waals surface area (Å²) in [7, 11) is 0. The number of Topliss-reactive ketones (excluding diaryl/α,β-unsaturated/α-hetero) is 1. The maximum Gasteiger partial charge on any atom is 0.301 e. The lowest BCUT2D eigenvalue weighted by molar-refractivity contribution is -0.132. The standard InChI is InChI=1S/C28H23ClN2O3S/c1-28(2,3)18-13-11-16(12-14-18)23-22(24(32)17-7-6-8-19(29)15-17)25(33)26(34)31(23)27-30-20-9-4-5-10-21(20)35-27/h4-15,23,32H,1-3H3/b24-22+. The van der Waals surface area contributed by atoms with Crippen molar-refractivity contribution in [2.24, 2.45) is 0 Å². The number of halogens is 1. The summed E-state index contributed by atoms with van der Waals surface area (Å²) in [5, 5.41) is 12.1. The number of nitrogens with zero attached hydrogens (tertiary/aromatic N) is 2. The average molecular weight is 503 g/mol. The van der Waals surface area contributed by atoms with Crippen LogP contribution in [0.4, 0.5) is 5.13 Å². The van der Waals surface area contributed by atoms with Crippen LogP contribution < -0.4 is 4.90 Å². The number of aromatic nitrogens is 1. The minimum absolute atomic E-state index is 0.0139. The first-order chi connectivity index (χ1) is 16.6. The molecule has 0 radical (unpaired) electrons. The van der Waals surface area contributed by atoms with E-state index in [4.69, 9.17) is 11.6 Å². The van der Waals surface area contributed by atoms with Crippen LogP contribution in [0.5, 0.6) is 0 Å². The van der Waals surface area contributed by atoms with Gasteiger partial charge in [0, 0.05) is 10.6 Å². The van der Waals surface area contributed by atoms with E-state index in [-0.39, 0.29) is 16.7 Å². The molecule has 2 heterocycles. The van der Waals surface area contributed by atoms with E-state index < -0.39 is 17.7 Å². The smallest absolute Gasteiger partial charge is 0.301 e. The molecule has 0 spiro atoms. The second-order valence-corrected chi connectivity index (χ2v) is 11.0. The fraction of sp³-hybridized carbons (Fsp3) is 0.179. The number of aliphatic hydroxyl groups excluding tert-OH is 1. The Morgan fingerprint density at radius 1 is 1.00 bits per heavy atom. The van der Waals surface area contributed by atoms with E-state index in [1.165, 1.54) is 16.2 Å². The lowest BCUT2D eigenvalue weighted by Gasteiger charge is -2.24. The van der Waals surface area contributed by atoms with Gasteiger partial charge in [-0.2, -0.15) is 0 Å². The van der Waals surface area contributed by atoms with E-state index in [0.29, 0.717) is 21.3 Å². The van der Waals surface area contributed by atoms with Crippen LogP contribution >= 0.6 is 22.9 Å². The fourth-order valence-electron chi connectivity index (χ4n) is 4.26. The number of anilines is 1. The Labute approximate surface area is 212 Å². The number of rotatable bonds is 3. The van der Waals surface area contributed by atoms with E-state index in [1.807, 2.05) is 48.5 Å². The molecule has 176 valence electrons. The Balaban J connectivity index is 1.72. The number of ketones is 1. The van der Waals surface area contributed by atoms with Crippen molar-refractivity contribution < 1.29 is 14.7 Å². The van der Waals surface area contributed by atoms with Crippen LogP contribution in [0.2, 0.25) is 5.02 Å². The maximum atomic E-state index is 13.4. The topological polar surface area (TPSA) is 70.5 Å². The van der Waals surface area contributed by atoms with Gasteiger partial charge in [-0.1, -0.05) is 92.2 Å². The van der Waals surface area contributed by atoms with E-state index in [0.717, 1.165) is 15.8 Å². The molecule has 1 atom stereocenters. The average Bonchev–Trinajstić information content (AvgIpc) is 3.36. The molecule has 0 bridgehead atoms. The van der Waals surface area contributed by atoms with Gasteiger partial charge in [-0.05, 0) is 40.8 Å². The number of hydrogen-bond donors (Lipinski definition) is 1. The minimum atomic E-state index is -0.830. The van der Waals surface area contributed by atoms with Crippen molar-refractivity contribution in [1.82, 2.24) is 4.98 Å². The third kappa shape index (κ3) is 4.13. The lowest BCUT2D eigenvalue weighted by Crippen LogP contribution is -2.29. The van der Waals surface area contributed by atoms with Gasteiger partial charge >= 0.3 is 5.91 Å². The van der Waals surface area contributed by atoms with Crippen molar-refractivity contribution in [1.29, 1.82) is 0 Å². The number of carbonyl (C=O) groups is 2. The lowest BCUT2D eigenvalue weighted by atomic mass is 9.85. The van der Waals surface area contributed by atoms with Gasteiger partial charge in [0.15, 0.2) is 5.13 Å². The molecule has 35 heavy (non-hydrogen) atoms. The molecule has 1 aliphatic heterocycles. The molecule has 1 saturated heterocycles. The van der Waals surface area contributed by atoms with E-state index in [9.17, 15) is 14.7 Å². The molecule has 5 nitrogen and oxygen atoms in total. The first kappa shape index (κ1) is 23.3. The Kier molecular flexibility index (Phi) is 5.74. The molecule has 3 aromatic carbocycles. The van der Waals surface area contributed by atoms with E-state index in [1.54, 1.807) is 24.3 Å². The Hall–Kier alpha value is -3.48. The van der Waals surface area contributed by atoms with Gasteiger partial charge in [-0.25, -0.2) is 4.98 Å². The molecule has 5 rings (SSSR count). The SMILES string of the molecule is CC(C)(C)c1ccc(C2/C(=C(\O)c3cccc(Cl)c3)C(=O)C(=O)N2c2nc3ccccc3s2)cc1. The van der Waals surface area contributed by atoms with Gasteiger partial charge in [-0.3, -0.25) is 14.5 Å². The van der Waals surface area contributed by atoms with Gasteiger partial charge in [0.25, 0.3) is 5.78 Å². The number of hydrogen-bond acceptors (Lipinski definition) is 5. The second kappa shape index (κ2) is 8.63. The molecular weight excluding hydrogens is 480 g/mol. The quantitative estimate of drug-likeness (QED) is 0.188. The Morgan fingerprint density at radius 2 is 1.71 bits per heavy atom. The number of aliphatic hydroxyl groups is 1. The van der Waals surface area contributed by atoms with E-state index >= 15 is 0 Å². The van der Waals surface area contributed by atoms with Crippen LogP contribution in [0.1, 0.15) is 43.5 Å². The summed E-state index contributed by atoms with van der Waals surface area (Å²) in [5.74, 6) is -1.75. The van der Waals surface area contributed by atoms with Crippen molar-refractivity contribution >= 4 is 55.7 Å². The number of benzene rings is 3. The molecule has 1 N–H and O–H groups in total. The highest BCUT2D eigenvalue weighted by molar-refractivity contribution is 7.22. The van der Waals surface area contributed by atoms with Crippen molar-refractivity contribution in [3.8, 4) is 0 Å². The molecular formula is C28H23ClN2O3S. The maximum absolute atomic E-state index is 13.4. The monoisotopic (exact) mass is 502 g/mol. The van der Waals surface area contributed by atoms with Crippen LogP contribution in [-0.2, 0) is 15.0 Å². The normalized spacial score (nSPS) is 17.9. The Morgan fingerprint density at radius 3 is 2.37 bits per heavy atom. The van der Waals surface area contributed by atoms with Crippen molar-refractivity contribution in [3.63, 3.8) is 0 Å². The number of thiazole rings is 1. The molecule has 0 aliphatic carbocycles. The zero-order valence-corrected chi connectivity index (χ0v) is 21.0. The first-order valence-electron chi connectivity index (χ1n) is 11.2. The van der Waals surface area contributed by atoms with Gasteiger partial charge in [0.2, 0.25) is 0 Å². The van der Waals surface area contributed by atoms with Gasteiger partial charge in [-0.15, -0.1) is 0 Å². The largest absolute Gasteiger partial charge is 0.507 e. The summed E-state index contributed by atoms with van der Waals surface area (Å²) < 4.78 is 0.904. The molecule has 4 aromatic rings. The van der Waals surface area contributed by atoms with Crippen LogP contribution in [0.15, 0.2) is 78.4 Å². The summed E-state index contributed by atoms with van der Waals surface area (Å²) >= 11 is 7.47. The molecule has 7 heteroatoms. The van der Waals surface area contributed by atoms with Crippen LogP contribution in [0.25, 0.3) is 16.0 Å². The molecule has 1 aliphatic rings. The third-order valence-electron chi connectivity index (χ3n) is 6.12. The number of amides is 1. The van der Waals surface area contributed by atoms with E-state index in [2.05, 4.69) is 25.8 Å². The molecule has 0 saturated carbocycles. The molecule has 1 amide bonds. The predicted molar refractivity (Wildman–Crippen MR) is 141 cm³/mol. The van der Waals surface area contributed by atoms with Crippen molar-refractivity contribution in [2.45, 2.75) is 32.2 Å². The summed E-state index contributed by atoms with van der Waals surface area (Å²) in [4.78, 5) is 32.8. The predicted octanol–water partition coefficient (Wildman–Crippen LogP) is 6.87. The van der Waals surface area contributed by atoms with Crippen LogP contribution in [-0.4, -0.2) is 21.8 Å². The van der Waals surface area contributed by atoms with Crippen molar-refractivity contribution in [3.05, 3.63) is 100 Å². The van der Waals surface area contributed by atoms with Crippen LogP contribution in [0, 0.1) is 0 Å². The number of fused-ring (bicyclic) bond motifs is 1. The van der Waals surface area contributed by atoms with Crippen LogP contribution in [0.3, 0.4) is 0 Å². The fourth-order valence-corrected chi connectivity index (χ4v) is 5.45. The zero-order valence-electron chi connectivity index (χ0n) is 19.4. The highest BCUT2D eigenvalue weighted by Gasteiger charge is 2.48. The summed E-state index contributed by atoms with van der Waals surface area (Å²) in [6.45, 7) is 6.36. The first-order valence-corrected chi connectivity index (χ1v) is 12.4. The number of para-hydroxylation sites is 1. The van der Waals surface area contributed by atoms with Gasteiger partial charge < -0.3 is 5.11 Å². The third-order valence-corrected chi connectivity index (χ3v) is 7.39. The zero-order chi connectivity index (χ0) is 24.9.